The average molecular weight is 325 g/mol. The summed E-state index contributed by atoms with van der Waals surface area (Å²) in [6.45, 7) is 5.79. The van der Waals surface area contributed by atoms with E-state index in [1.807, 2.05) is 0 Å². The van der Waals surface area contributed by atoms with Gasteiger partial charge in [-0.15, -0.1) is 0 Å². The summed E-state index contributed by atoms with van der Waals surface area (Å²) in [6, 6.07) is 3.30. The van der Waals surface area contributed by atoms with Crippen molar-refractivity contribution >= 4 is 11.9 Å². The van der Waals surface area contributed by atoms with Crippen molar-refractivity contribution in [2.75, 3.05) is 13.1 Å². The molecule has 0 aliphatic carbocycles. The Morgan fingerprint density at radius 3 is 2.65 bits per heavy atom. The van der Waals surface area contributed by atoms with Crippen molar-refractivity contribution < 1.29 is 23.1 Å². The second-order valence-corrected chi connectivity index (χ2v) is 6.78. The fraction of sp³-hybridized carbons (Fsp3) is 0.529. The zero-order valence-electron chi connectivity index (χ0n) is 13.6. The standard InChI is InChI=1S/C17H21F2NO3/c1-17(2,3)23-16(22)20-7-6-15(21)12(10-20)8-11-4-5-13(18)9-14(11)19/h4-5,9,12H,6-8,10H2,1-3H3. The van der Waals surface area contributed by atoms with E-state index in [1.54, 1.807) is 20.8 Å². The van der Waals surface area contributed by atoms with Crippen LogP contribution in [-0.4, -0.2) is 35.5 Å². The molecular formula is C17H21F2NO3. The third kappa shape index (κ3) is 4.74. The number of rotatable bonds is 2. The fourth-order valence-corrected chi connectivity index (χ4v) is 2.53. The molecule has 1 saturated heterocycles. The van der Waals surface area contributed by atoms with Gasteiger partial charge in [0, 0.05) is 31.5 Å². The number of amides is 1. The van der Waals surface area contributed by atoms with E-state index in [2.05, 4.69) is 0 Å². The van der Waals surface area contributed by atoms with Gasteiger partial charge in [0.15, 0.2) is 0 Å². The SMILES string of the molecule is CC(C)(C)OC(=O)N1CCC(=O)C(Cc2ccc(F)cc2F)C1. The molecule has 0 radical (unpaired) electrons. The largest absolute Gasteiger partial charge is 0.444 e. The van der Waals surface area contributed by atoms with Crippen LogP contribution >= 0.6 is 0 Å². The topological polar surface area (TPSA) is 46.6 Å². The zero-order valence-corrected chi connectivity index (χ0v) is 13.6. The Hall–Kier alpha value is -1.98. The van der Waals surface area contributed by atoms with Crippen molar-refractivity contribution in [3.8, 4) is 0 Å². The molecule has 1 aromatic carbocycles. The van der Waals surface area contributed by atoms with E-state index in [1.165, 1.54) is 11.0 Å². The van der Waals surface area contributed by atoms with Crippen LogP contribution in [0.5, 0.6) is 0 Å². The molecule has 0 bridgehead atoms. The lowest BCUT2D eigenvalue weighted by molar-refractivity contribution is -0.125. The zero-order chi connectivity index (χ0) is 17.2. The van der Waals surface area contributed by atoms with Crippen LogP contribution in [0.3, 0.4) is 0 Å². The quantitative estimate of drug-likeness (QED) is 0.838. The lowest BCUT2D eigenvalue weighted by Crippen LogP contribution is -2.46. The molecule has 1 amide bonds. The first-order valence-electron chi connectivity index (χ1n) is 7.60. The smallest absolute Gasteiger partial charge is 0.410 e. The Morgan fingerprint density at radius 2 is 2.04 bits per heavy atom. The second kappa shape index (κ2) is 6.64. The predicted molar refractivity (Wildman–Crippen MR) is 81.0 cm³/mol. The van der Waals surface area contributed by atoms with Gasteiger partial charge in [0.25, 0.3) is 0 Å². The van der Waals surface area contributed by atoms with Crippen molar-refractivity contribution in [2.45, 2.75) is 39.2 Å². The number of Topliss-reactive ketones (excluding diaryl/α,β-unsaturated/α-hetero) is 1. The van der Waals surface area contributed by atoms with Gasteiger partial charge >= 0.3 is 6.09 Å². The Bertz CT molecular complexity index is 610. The molecular weight excluding hydrogens is 304 g/mol. The van der Waals surface area contributed by atoms with Crippen LogP contribution in [0.1, 0.15) is 32.8 Å². The van der Waals surface area contributed by atoms with Crippen LogP contribution in [0.15, 0.2) is 18.2 Å². The summed E-state index contributed by atoms with van der Waals surface area (Å²) in [5.74, 6) is -1.85. The minimum atomic E-state index is -0.674. The van der Waals surface area contributed by atoms with E-state index in [-0.39, 0.29) is 30.7 Å². The van der Waals surface area contributed by atoms with E-state index in [4.69, 9.17) is 4.74 Å². The maximum atomic E-state index is 13.8. The van der Waals surface area contributed by atoms with Crippen molar-refractivity contribution in [3.63, 3.8) is 0 Å². The third-order valence-corrected chi connectivity index (χ3v) is 3.66. The molecule has 0 N–H and O–H groups in total. The Kier molecular flexibility index (Phi) is 5.02. The van der Waals surface area contributed by atoms with Gasteiger partial charge in [0.05, 0.1) is 0 Å². The minimum Gasteiger partial charge on any atom is -0.444 e. The summed E-state index contributed by atoms with van der Waals surface area (Å²) >= 11 is 0. The number of piperidine rings is 1. The molecule has 2 rings (SSSR count). The number of carbonyl (C=O) groups excluding carboxylic acids is 2. The van der Waals surface area contributed by atoms with Crippen LogP contribution in [-0.2, 0) is 16.0 Å². The molecule has 0 spiro atoms. The number of nitrogens with zero attached hydrogens (tertiary/aromatic N) is 1. The third-order valence-electron chi connectivity index (χ3n) is 3.66. The Labute approximate surface area is 134 Å². The molecule has 0 aromatic heterocycles. The van der Waals surface area contributed by atoms with Gasteiger partial charge in [-0.3, -0.25) is 4.79 Å². The van der Waals surface area contributed by atoms with Gasteiger partial charge in [-0.05, 0) is 38.8 Å². The summed E-state index contributed by atoms with van der Waals surface area (Å²) in [7, 11) is 0. The first-order chi connectivity index (χ1) is 10.7. The number of likely N-dealkylation sites (tertiary alicyclic amines) is 1. The highest BCUT2D eigenvalue weighted by atomic mass is 19.1. The molecule has 6 heteroatoms. The number of ketones is 1. The number of hydrogen-bond donors (Lipinski definition) is 0. The lowest BCUT2D eigenvalue weighted by atomic mass is 9.90. The molecule has 1 aliphatic heterocycles. The molecule has 1 unspecified atom stereocenters. The first kappa shape index (κ1) is 17.4. The maximum absolute atomic E-state index is 13.8. The first-order valence-corrected chi connectivity index (χ1v) is 7.60. The van der Waals surface area contributed by atoms with Gasteiger partial charge in [0.2, 0.25) is 0 Å². The summed E-state index contributed by atoms with van der Waals surface area (Å²) in [4.78, 5) is 25.6. The number of benzene rings is 1. The molecule has 1 aliphatic rings. The van der Waals surface area contributed by atoms with E-state index in [0.717, 1.165) is 12.1 Å². The van der Waals surface area contributed by atoms with Crippen molar-refractivity contribution in [1.29, 1.82) is 0 Å². The summed E-state index contributed by atoms with van der Waals surface area (Å²) in [5.41, 5.74) is -0.340. The van der Waals surface area contributed by atoms with Gasteiger partial charge in [0.1, 0.15) is 23.0 Å². The monoisotopic (exact) mass is 325 g/mol. The van der Waals surface area contributed by atoms with Crippen molar-refractivity contribution in [1.82, 2.24) is 4.90 Å². The van der Waals surface area contributed by atoms with E-state index >= 15 is 0 Å². The van der Waals surface area contributed by atoms with Crippen LogP contribution in [0.2, 0.25) is 0 Å². The maximum Gasteiger partial charge on any atom is 0.410 e. The van der Waals surface area contributed by atoms with Crippen LogP contribution < -0.4 is 0 Å². The molecule has 23 heavy (non-hydrogen) atoms. The molecule has 1 atom stereocenters. The van der Waals surface area contributed by atoms with Gasteiger partial charge in [-0.2, -0.15) is 0 Å². The number of ether oxygens (including phenoxy) is 1. The highest BCUT2D eigenvalue weighted by Gasteiger charge is 2.32. The fourth-order valence-electron chi connectivity index (χ4n) is 2.53. The molecule has 1 aromatic rings. The molecule has 4 nitrogen and oxygen atoms in total. The normalized spacial score (nSPS) is 18.9. The Balaban J connectivity index is 2.06. The Morgan fingerprint density at radius 1 is 1.35 bits per heavy atom. The number of hydrogen-bond acceptors (Lipinski definition) is 3. The lowest BCUT2D eigenvalue weighted by Gasteiger charge is -2.33. The van der Waals surface area contributed by atoms with Gasteiger partial charge in [-0.25, -0.2) is 13.6 Å². The van der Waals surface area contributed by atoms with Crippen molar-refractivity contribution in [3.05, 3.63) is 35.4 Å². The van der Waals surface area contributed by atoms with E-state index in [9.17, 15) is 18.4 Å². The second-order valence-electron chi connectivity index (χ2n) is 6.78. The highest BCUT2D eigenvalue weighted by molar-refractivity contribution is 5.84. The van der Waals surface area contributed by atoms with Gasteiger partial charge in [-0.1, -0.05) is 6.07 Å². The number of carbonyl (C=O) groups is 2. The van der Waals surface area contributed by atoms with Gasteiger partial charge < -0.3 is 9.64 Å². The molecule has 1 heterocycles. The average Bonchev–Trinajstić information content (AvgIpc) is 2.42. The molecule has 0 saturated carbocycles. The summed E-state index contributed by atoms with van der Waals surface area (Å²) < 4.78 is 32.0. The van der Waals surface area contributed by atoms with E-state index < -0.39 is 29.2 Å². The van der Waals surface area contributed by atoms with Crippen molar-refractivity contribution in [2.24, 2.45) is 5.92 Å². The number of halogens is 2. The summed E-state index contributed by atoms with van der Waals surface area (Å²) in [5, 5.41) is 0. The van der Waals surface area contributed by atoms with Crippen LogP contribution in [0.25, 0.3) is 0 Å². The molecule has 126 valence electrons. The van der Waals surface area contributed by atoms with Crippen LogP contribution in [0, 0.1) is 17.6 Å². The molecule has 1 fully saturated rings. The van der Waals surface area contributed by atoms with E-state index in [0.29, 0.717) is 6.54 Å². The predicted octanol–water partition coefficient (Wildman–Crippen LogP) is 3.33. The highest BCUT2D eigenvalue weighted by Crippen LogP contribution is 2.22. The van der Waals surface area contributed by atoms with Crippen LogP contribution in [0.4, 0.5) is 13.6 Å². The summed E-state index contributed by atoms with van der Waals surface area (Å²) in [6.07, 6.45) is -0.119. The minimum absolute atomic E-state index is 0.0199.